The zero-order chi connectivity index (χ0) is 16.5. The minimum Gasteiger partial charge on any atom is -0.347 e. The van der Waals surface area contributed by atoms with Crippen LogP contribution in [-0.4, -0.2) is 21.1 Å². The maximum atomic E-state index is 6.26. The van der Waals surface area contributed by atoms with Gasteiger partial charge in [0.05, 0.1) is 10.7 Å². The van der Waals surface area contributed by atoms with Gasteiger partial charge in [-0.2, -0.15) is 0 Å². The number of benzene rings is 1. The SMILES string of the molecule is S=C(Nc1ccccc1Cl)N1CCn2cccc2[C@@H]1c1cccs1. The van der Waals surface area contributed by atoms with Crippen LogP contribution in [0.5, 0.6) is 0 Å². The minimum atomic E-state index is 0.135. The highest BCUT2D eigenvalue weighted by Crippen LogP contribution is 2.35. The van der Waals surface area contributed by atoms with Gasteiger partial charge in [0.25, 0.3) is 0 Å². The van der Waals surface area contributed by atoms with Crippen molar-refractivity contribution in [3.8, 4) is 0 Å². The molecule has 0 fully saturated rings. The van der Waals surface area contributed by atoms with Crippen LogP contribution in [-0.2, 0) is 6.54 Å². The van der Waals surface area contributed by atoms with E-state index in [1.165, 1.54) is 10.6 Å². The van der Waals surface area contributed by atoms with Gasteiger partial charge in [-0.3, -0.25) is 0 Å². The van der Waals surface area contributed by atoms with Crippen LogP contribution in [0.15, 0.2) is 60.1 Å². The molecule has 1 N–H and O–H groups in total. The Morgan fingerprint density at radius 1 is 1.12 bits per heavy atom. The molecule has 0 unspecified atom stereocenters. The van der Waals surface area contributed by atoms with Gasteiger partial charge in [-0.25, -0.2) is 0 Å². The lowest BCUT2D eigenvalue weighted by Gasteiger charge is -2.38. The predicted octanol–water partition coefficient (Wildman–Crippen LogP) is 5.01. The molecule has 0 spiro atoms. The second kappa shape index (κ2) is 6.59. The maximum Gasteiger partial charge on any atom is 0.174 e. The third-order valence-corrected chi connectivity index (χ3v) is 5.82. The molecule has 1 atom stereocenters. The fourth-order valence-corrected chi connectivity index (χ4v) is 4.44. The topological polar surface area (TPSA) is 20.2 Å². The third kappa shape index (κ3) is 2.83. The second-order valence-corrected chi connectivity index (χ2v) is 7.42. The van der Waals surface area contributed by atoms with Crippen molar-refractivity contribution in [1.82, 2.24) is 9.47 Å². The van der Waals surface area contributed by atoms with Crippen molar-refractivity contribution in [3.63, 3.8) is 0 Å². The number of anilines is 1. The monoisotopic (exact) mass is 373 g/mol. The van der Waals surface area contributed by atoms with Gasteiger partial charge in [0, 0.05) is 29.9 Å². The Kier molecular flexibility index (Phi) is 4.31. The molecular formula is C18H16ClN3S2. The van der Waals surface area contributed by atoms with Gasteiger partial charge in [0.15, 0.2) is 5.11 Å². The number of rotatable bonds is 2. The van der Waals surface area contributed by atoms with Crippen LogP contribution in [0, 0.1) is 0 Å². The van der Waals surface area contributed by atoms with Gasteiger partial charge < -0.3 is 14.8 Å². The molecule has 1 aliphatic rings. The first-order valence-corrected chi connectivity index (χ1v) is 9.41. The summed E-state index contributed by atoms with van der Waals surface area (Å²) in [7, 11) is 0. The van der Waals surface area contributed by atoms with E-state index in [1.54, 1.807) is 11.3 Å². The number of para-hydroxylation sites is 1. The Morgan fingerprint density at radius 2 is 2.00 bits per heavy atom. The summed E-state index contributed by atoms with van der Waals surface area (Å²) >= 11 is 13.7. The first kappa shape index (κ1) is 15.7. The molecule has 2 aromatic heterocycles. The Labute approximate surface area is 155 Å². The lowest BCUT2D eigenvalue weighted by Crippen LogP contribution is -2.44. The van der Waals surface area contributed by atoms with Crippen molar-refractivity contribution in [2.75, 3.05) is 11.9 Å². The summed E-state index contributed by atoms with van der Waals surface area (Å²) in [6.45, 7) is 1.79. The van der Waals surface area contributed by atoms with Crippen LogP contribution in [0.3, 0.4) is 0 Å². The molecule has 4 rings (SSSR count). The highest BCUT2D eigenvalue weighted by atomic mass is 35.5. The smallest absolute Gasteiger partial charge is 0.174 e. The van der Waals surface area contributed by atoms with Crippen molar-refractivity contribution in [2.45, 2.75) is 12.6 Å². The highest BCUT2D eigenvalue weighted by Gasteiger charge is 2.31. The zero-order valence-corrected chi connectivity index (χ0v) is 15.2. The van der Waals surface area contributed by atoms with Crippen molar-refractivity contribution in [1.29, 1.82) is 0 Å². The predicted molar refractivity (Wildman–Crippen MR) is 105 cm³/mol. The van der Waals surface area contributed by atoms with Gasteiger partial charge in [0.1, 0.15) is 6.04 Å². The molecule has 122 valence electrons. The number of thiophene rings is 1. The van der Waals surface area contributed by atoms with Gasteiger partial charge >= 0.3 is 0 Å². The normalized spacial score (nSPS) is 16.7. The fraction of sp³-hybridized carbons (Fsp3) is 0.167. The Bertz CT molecular complexity index is 857. The Hall–Kier alpha value is -1.82. The van der Waals surface area contributed by atoms with Crippen LogP contribution < -0.4 is 5.32 Å². The third-order valence-electron chi connectivity index (χ3n) is 4.23. The molecule has 0 bridgehead atoms. The van der Waals surface area contributed by atoms with Gasteiger partial charge in [0.2, 0.25) is 0 Å². The number of aromatic nitrogens is 1. The van der Waals surface area contributed by atoms with E-state index in [0.29, 0.717) is 10.1 Å². The van der Waals surface area contributed by atoms with E-state index >= 15 is 0 Å². The molecule has 0 amide bonds. The van der Waals surface area contributed by atoms with Crippen molar-refractivity contribution >= 4 is 46.0 Å². The molecule has 0 saturated heterocycles. The molecule has 1 aliphatic heterocycles. The van der Waals surface area contributed by atoms with Crippen molar-refractivity contribution < 1.29 is 0 Å². The maximum absolute atomic E-state index is 6.26. The number of thiocarbonyl (C=S) groups is 1. The van der Waals surface area contributed by atoms with Gasteiger partial charge in [-0.15, -0.1) is 11.3 Å². The minimum absolute atomic E-state index is 0.135. The van der Waals surface area contributed by atoms with E-state index in [0.717, 1.165) is 18.8 Å². The molecule has 0 aliphatic carbocycles. The van der Waals surface area contributed by atoms with Crippen LogP contribution in [0.4, 0.5) is 5.69 Å². The number of halogens is 1. The molecule has 1 aromatic carbocycles. The summed E-state index contributed by atoms with van der Waals surface area (Å²) in [6.07, 6.45) is 2.14. The van der Waals surface area contributed by atoms with Crippen LogP contribution >= 0.6 is 35.2 Å². The largest absolute Gasteiger partial charge is 0.347 e. The van der Waals surface area contributed by atoms with Crippen molar-refractivity contribution in [3.05, 3.63) is 75.7 Å². The molecule has 3 nitrogen and oxygen atoms in total. The summed E-state index contributed by atoms with van der Waals surface area (Å²) in [6, 6.07) is 16.3. The number of nitrogens with one attached hydrogen (secondary N) is 1. The van der Waals surface area contributed by atoms with Crippen LogP contribution in [0.2, 0.25) is 5.02 Å². The number of hydrogen-bond acceptors (Lipinski definition) is 2. The van der Waals surface area contributed by atoms with E-state index in [2.05, 4.69) is 50.6 Å². The van der Waals surface area contributed by atoms with E-state index in [1.807, 2.05) is 24.3 Å². The van der Waals surface area contributed by atoms with Gasteiger partial charge in [-0.1, -0.05) is 29.8 Å². The number of nitrogens with zero attached hydrogens (tertiary/aromatic N) is 2. The lowest BCUT2D eigenvalue weighted by molar-refractivity contribution is 0.297. The highest BCUT2D eigenvalue weighted by molar-refractivity contribution is 7.80. The quantitative estimate of drug-likeness (QED) is 0.638. The summed E-state index contributed by atoms with van der Waals surface area (Å²) in [5, 5.41) is 6.80. The average molecular weight is 374 g/mol. The van der Waals surface area contributed by atoms with Crippen LogP contribution in [0.1, 0.15) is 16.6 Å². The molecule has 3 heterocycles. The number of hydrogen-bond donors (Lipinski definition) is 1. The summed E-state index contributed by atoms with van der Waals surface area (Å²) in [5.74, 6) is 0. The van der Waals surface area contributed by atoms with E-state index in [-0.39, 0.29) is 6.04 Å². The zero-order valence-electron chi connectivity index (χ0n) is 12.9. The summed E-state index contributed by atoms with van der Waals surface area (Å²) in [4.78, 5) is 3.54. The first-order valence-electron chi connectivity index (χ1n) is 7.74. The molecular weight excluding hydrogens is 358 g/mol. The lowest BCUT2D eigenvalue weighted by atomic mass is 10.1. The average Bonchev–Trinajstić information content (AvgIpc) is 3.27. The molecule has 0 radical (unpaired) electrons. The number of fused-ring (bicyclic) bond motifs is 1. The summed E-state index contributed by atoms with van der Waals surface area (Å²) < 4.78 is 2.30. The van der Waals surface area contributed by atoms with Crippen molar-refractivity contribution in [2.24, 2.45) is 0 Å². The Morgan fingerprint density at radius 3 is 2.79 bits per heavy atom. The first-order chi connectivity index (χ1) is 11.7. The molecule has 24 heavy (non-hydrogen) atoms. The summed E-state index contributed by atoms with van der Waals surface area (Å²) in [5.41, 5.74) is 2.11. The molecule has 3 aromatic rings. The van der Waals surface area contributed by atoms with E-state index in [4.69, 9.17) is 23.8 Å². The van der Waals surface area contributed by atoms with E-state index < -0.39 is 0 Å². The standard InChI is InChI=1S/C18H16ClN3S2/c19-13-5-1-2-6-14(13)20-18(23)22-11-10-21-9-3-7-15(21)17(22)16-8-4-12-24-16/h1-9,12,17H,10-11H2,(H,20,23)/t17-/m1/s1. The van der Waals surface area contributed by atoms with Crippen LogP contribution in [0.25, 0.3) is 0 Å². The molecule has 6 heteroatoms. The second-order valence-electron chi connectivity index (χ2n) is 5.65. The van der Waals surface area contributed by atoms with E-state index in [9.17, 15) is 0 Å². The Balaban J connectivity index is 1.66. The fourth-order valence-electron chi connectivity index (χ4n) is 3.10. The van der Waals surface area contributed by atoms with Gasteiger partial charge in [-0.05, 0) is 47.9 Å². The molecule has 0 saturated carbocycles.